The highest BCUT2D eigenvalue weighted by molar-refractivity contribution is 5.79. The molecule has 1 rings (SSSR count). The van der Waals surface area contributed by atoms with Crippen molar-refractivity contribution in [2.24, 2.45) is 4.99 Å². The van der Waals surface area contributed by atoms with Gasteiger partial charge in [0.15, 0.2) is 5.96 Å². The minimum atomic E-state index is -0.494. The topological polar surface area (TPSA) is 84.0 Å². The molecule has 0 bridgehead atoms. The molecule has 0 aromatic heterocycles. The van der Waals surface area contributed by atoms with Crippen LogP contribution in [0.1, 0.15) is 45.7 Å². The van der Waals surface area contributed by atoms with Gasteiger partial charge in [0.25, 0.3) is 0 Å². The van der Waals surface area contributed by atoms with Gasteiger partial charge in [-0.3, -0.25) is 0 Å². The number of ether oxygens (including phenoxy) is 2. The van der Waals surface area contributed by atoms with Crippen LogP contribution in [0.25, 0.3) is 0 Å². The van der Waals surface area contributed by atoms with Crippen LogP contribution in [0.2, 0.25) is 0 Å². The van der Waals surface area contributed by atoms with Gasteiger partial charge in [-0.05, 0) is 45.7 Å². The van der Waals surface area contributed by atoms with E-state index in [1.165, 1.54) is 0 Å². The summed E-state index contributed by atoms with van der Waals surface area (Å²) in [5, 5.41) is 9.11. The minimum absolute atomic E-state index is 0.418. The summed E-state index contributed by atoms with van der Waals surface area (Å²) >= 11 is 0. The predicted octanol–water partition coefficient (Wildman–Crippen LogP) is 2.80. The molecule has 27 heavy (non-hydrogen) atoms. The maximum Gasteiger partial charge on any atom is 0.407 e. The number of hydrogen-bond donors (Lipinski definition) is 3. The molecule has 0 atom stereocenters. The van der Waals surface area contributed by atoms with E-state index in [-0.39, 0.29) is 0 Å². The third-order valence-corrected chi connectivity index (χ3v) is 3.35. The van der Waals surface area contributed by atoms with Crippen molar-refractivity contribution in [1.29, 1.82) is 0 Å². The Morgan fingerprint density at radius 1 is 1.00 bits per heavy atom. The maximum absolute atomic E-state index is 11.6. The second kappa shape index (κ2) is 12.2. The Kier molecular flexibility index (Phi) is 10.3. The van der Waals surface area contributed by atoms with E-state index < -0.39 is 11.7 Å². The predicted molar refractivity (Wildman–Crippen MR) is 109 cm³/mol. The molecule has 0 saturated heterocycles. The number of nitrogens with one attached hydrogen (secondary N) is 3. The molecule has 7 heteroatoms. The van der Waals surface area contributed by atoms with Crippen molar-refractivity contribution in [3.05, 3.63) is 35.4 Å². The highest BCUT2D eigenvalue weighted by Crippen LogP contribution is 2.07. The molecule has 0 aliphatic carbocycles. The first-order valence-corrected chi connectivity index (χ1v) is 9.48. The highest BCUT2D eigenvalue weighted by Gasteiger charge is 2.15. The molecule has 152 valence electrons. The van der Waals surface area contributed by atoms with E-state index in [1.54, 1.807) is 0 Å². The summed E-state index contributed by atoms with van der Waals surface area (Å²) in [6, 6.07) is 8.24. The zero-order chi connectivity index (χ0) is 20.1. The molecule has 7 nitrogen and oxygen atoms in total. The summed E-state index contributed by atoms with van der Waals surface area (Å²) in [4.78, 5) is 16.2. The molecule has 0 unspecified atom stereocenters. The Morgan fingerprint density at radius 2 is 1.63 bits per heavy atom. The van der Waals surface area contributed by atoms with Gasteiger partial charge < -0.3 is 25.4 Å². The van der Waals surface area contributed by atoms with Crippen molar-refractivity contribution in [3.8, 4) is 0 Å². The number of nitrogens with zero attached hydrogens (tertiary/aromatic N) is 1. The fourth-order valence-corrected chi connectivity index (χ4v) is 2.13. The molecule has 0 aliphatic heterocycles. The molecule has 1 aromatic carbocycles. The molecular formula is C20H34N4O3. The molecule has 1 amide bonds. The van der Waals surface area contributed by atoms with E-state index in [4.69, 9.17) is 9.47 Å². The number of benzene rings is 1. The van der Waals surface area contributed by atoms with E-state index in [1.807, 2.05) is 34.6 Å². The molecule has 0 radical (unpaired) electrons. The third kappa shape index (κ3) is 11.1. The van der Waals surface area contributed by atoms with Crippen LogP contribution in [-0.2, 0) is 22.6 Å². The van der Waals surface area contributed by atoms with Crippen LogP contribution in [-0.4, -0.2) is 43.9 Å². The molecular weight excluding hydrogens is 344 g/mol. The van der Waals surface area contributed by atoms with Gasteiger partial charge in [0.1, 0.15) is 5.60 Å². The second-order valence-corrected chi connectivity index (χ2v) is 7.00. The summed E-state index contributed by atoms with van der Waals surface area (Å²) in [6.07, 6.45) is -0.418. The Bertz CT molecular complexity index is 580. The monoisotopic (exact) mass is 378 g/mol. The van der Waals surface area contributed by atoms with Crippen molar-refractivity contribution in [3.63, 3.8) is 0 Å². The normalized spacial score (nSPS) is 11.8. The first kappa shape index (κ1) is 22.8. The van der Waals surface area contributed by atoms with Gasteiger partial charge in [-0.1, -0.05) is 24.3 Å². The highest BCUT2D eigenvalue weighted by atomic mass is 16.6. The van der Waals surface area contributed by atoms with Crippen LogP contribution in [0.15, 0.2) is 29.3 Å². The van der Waals surface area contributed by atoms with Gasteiger partial charge in [0.05, 0.1) is 13.2 Å². The molecule has 0 heterocycles. The largest absolute Gasteiger partial charge is 0.444 e. The molecule has 0 saturated carbocycles. The second-order valence-electron chi connectivity index (χ2n) is 7.00. The fraction of sp³-hybridized carbons (Fsp3) is 0.600. The maximum atomic E-state index is 11.6. The van der Waals surface area contributed by atoms with Crippen molar-refractivity contribution in [2.75, 3.05) is 26.2 Å². The lowest BCUT2D eigenvalue weighted by atomic mass is 10.1. The zero-order valence-electron chi connectivity index (χ0n) is 17.2. The summed E-state index contributed by atoms with van der Waals surface area (Å²) in [5.41, 5.74) is 1.79. The average Bonchev–Trinajstić information content (AvgIpc) is 2.60. The number of alkyl carbamates (subject to hydrolysis) is 1. The Hall–Kier alpha value is -2.28. The van der Waals surface area contributed by atoms with E-state index in [9.17, 15) is 4.79 Å². The Balaban J connectivity index is 2.42. The van der Waals surface area contributed by atoms with Gasteiger partial charge >= 0.3 is 6.09 Å². The van der Waals surface area contributed by atoms with E-state index >= 15 is 0 Å². The summed E-state index contributed by atoms with van der Waals surface area (Å²) in [7, 11) is 0. The zero-order valence-corrected chi connectivity index (χ0v) is 17.2. The van der Waals surface area contributed by atoms with Gasteiger partial charge in [0.2, 0.25) is 0 Å². The minimum Gasteiger partial charge on any atom is -0.444 e. The van der Waals surface area contributed by atoms with Crippen molar-refractivity contribution in [2.45, 2.75) is 53.4 Å². The molecule has 0 spiro atoms. The standard InChI is InChI=1S/C20H34N4O3/c1-6-21-18(22-12-13-23-19(25)27-20(3,4)5)24-14-16-8-10-17(11-9-16)15-26-7-2/h8-11H,6-7,12-15H2,1-5H3,(H,23,25)(H2,21,22,24). The van der Waals surface area contributed by atoms with Gasteiger partial charge in [-0.2, -0.15) is 0 Å². The first-order valence-electron chi connectivity index (χ1n) is 9.48. The lowest BCUT2D eigenvalue weighted by molar-refractivity contribution is 0.0529. The number of carbonyl (C=O) groups is 1. The number of amides is 1. The summed E-state index contributed by atoms with van der Waals surface area (Å²) in [5.74, 6) is 0.710. The van der Waals surface area contributed by atoms with E-state index in [0.29, 0.717) is 38.8 Å². The Labute approximate surface area is 162 Å². The fourth-order valence-electron chi connectivity index (χ4n) is 2.13. The van der Waals surface area contributed by atoms with Crippen molar-refractivity contribution < 1.29 is 14.3 Å². The number of carbonyl (C=O) groups excluding carboxylic acids is 1. The molecule has 3 N–H and O–H groups in total. The van der Waals surface area contributed by atoms with Gasteiger partial charge in [-0.25, -0.2) is 9.79 Å². The van der Waals surface area contributed by atoms with E-state index in [2.05, 4.69) is 45.2 Å². The van der Waals surface area contributed by atoms with Crippen LogP contribution < -0.4 is 16.0 Å². The van der Waals surface area contributed by atoms with Crippen molar-refractivity contribution in [1.82, 2.24) is 16.0 Å². The third-order valence-electron chi connectivity index (χ3n) is 3.35. The molecule has 0 aliphatic rings. The quantitative estimate of drug-likeness (QED) is 0.350. The van der Waals surface area contributed by atoms with Crippen LogP contribution in [0.3, 0.4) is 0 Å². The first-order chi connectivity index (χ1) is 12.8. The molecule has 0 fully saturated rings. The SMILES string of the molecule is CCNC(=NCc1ccc(COCC)cc1)NCCNC(=O)OC(C)(C)C. The summed E-state index contributed by atoms with van der Waals surface area (Å²) < 4.78 is 10.6. The summed E-state index contributed by atoms with van der Waals surface area (Å²) in [6.45, 7) is 13.2. The number of hydrogen-bond acceptors (Lipinski definition) is 4. The van der Waals surface area contributed by atoms with Crippen molar-refractivity contribution >= 4 is 12.1 Å². The lowest BCUT2D eigenvalue weighted by Crippen LogP contribution is -2.42. The lowest BCUT2D eigenvalue weighted by Gasteiger charge is -2.19. The van der Waals surface area contributed by atoms with Crippen LogP contribution in [0.4, 0.5) is 4.79 Å². The van der Waals surface area contributed by atoms with Gasteiger partial charge in [-0.15, -0.1) is 0 Å². The number of rotatable bonds is 9. The number of guanidine groups is 1. The molecule has 1 aromatic rings. The van der Waals surface area contributed by atoms with Gasteiger partial charge in [0, 0.05) is 26.2 Å². The average molecular weight is 379 g/mol. The van der Waals surface area contributed by atoms with Crippen LogP contribution in [0, 0.1) is 0 Å². The Morgan fingerprint density at radius 3 is 2.22 bits per heavy atom. The number of aliphatic imine (C=N–C) groups is 1. The van der Waals surface area contributed by atoms with Crippen LogP contribution >= 0.6 is 0 Å². The van der Waals surface area contributed by atoms with E-state index in [0.717, 1.165) is 17.7 Å². The smallest absolute Gasteiger partial charge is 0.407 e. The van der Waals surface area contributed by atoms with Crippen LogP contribution in [0.5, 0.6) is 0 Å².